The first-order valence-electron chi connectivity index (χ1n) is 4.81. The molecule has 88 valence electrons. The summed E-state index contributed by atoms with van der Waals surface area (Å²) in [5, 5.41) is 0. The Bertz CT molecular complexity index is 536. The second-order valence-electron chi connectivity index (χ2n) is 3.29. The van der Waals surface area contributed by atoms with Gasteiger partial charge < -0.3 is 9.15 Å². The highest BCUT2D eigenvalue weighted by molar-refractivity contribution is 9.10. The largest absolute Gasteiger partial charge is 0.484 e. The number of carbonyl (C=O) groups is 1. The molecule has 5 heteroatoms. The molecular weight excluding hydrogens is 291 g/mol. The Morgan fingerprint density at radius 2 is 2.18 bits per heavy atom. The monoisotopic (exact) mass is 298 g/mol. The van der Waals surface area contributed by atoms with Gasteiger partial charge in [0.25, 0.3) is 0 Å². The van der Waals surface area contributed by atoms with Gasteiger partial charge in [-0.05, 0) is 46.3 Å². The van der Waals surface area contributed by atoms with Gasteiger partial charge in [-0.3, -0.25) is 4.79 Å². The molecule has 0 atom stereocenters. The van der Waals surface area contributed by atoms with E-state index in [1.54, 1.807) is 12.1 Å². The molecule has 0 unspecified atom stereocenters. The van der Waals surface area contributed by atoms with Gasteiger partial charge in [-0.15, -0.1) is 0 Å². The van der Waals surface area contributed by atoms with E-state index in [9.17, 15) is 9.18 Å². The molecule has 2 rings (SSSR count). The maximum Gasteiger partial charge on any atom is 0.185 e. The van der Waals surface area contributed by atoms with Crippen molar-refractivity contribution in [2.75, 3.05) is 0 Å². The highest BCUT2D eigenvalue weighted by Gasteiger charge is 2.05. The normalized spacial score (nSPS) is 10.2. The molecule has 0 fully saturated rings. The van der Waals surface area contributed by atoms with E-state index in [1.165, 1.54) is 18.2 Å². The average molecular weight is 299 g/mol. The summed E-state index contributed by atoms with van der Waals surface area (Å²) in [5.41, 5.74) is 0. The topological polar surface area (TPSA) is 39.4 Å². The fourth-order valence-electron chi connectivity index (χ4n) is 1.28. The summed E-state index contributed by atoms with van der Waals surface area (Å²) >= 11 is 3.19. The molecule has 2 aromatic rings. The molecular formula is C12H8BrFO3. The number of rotatable bonds is 4. The lowest BCUT2D eigenvalue weighted by molar-refractivity contribution is 0.109. The summed E-state index contributed by atoms with van der Waals surface area (Å²) in [4.78, 5) is 10.4. The number of hydrogen-bond donors (Lipinski definition) is 0. The first-order valence-corrected chi connectivity index (χ1v) is 5.60. The number of ether oxygens (including phenoxy) is 1. The number of hydrogen-bond acceptors (Lipinski definition) is 3. The molecule has 0 spiro atoms. The van der Waals surface area contributed by atoms with Gasteiger partial charge in [-0.1, -0.05) is 0 Å². The van der Waals surface area contributed by atoms with Crippen LogP contribution in [-0.2, 0) is 6.61 Å². The Hall–Kier alpha value is -1.62. The van der Waals surface area contributed by atoms with E-state index in [2.05, 4.69) is 15.9 Å². The van der Waals surface area contributed by atoms with Crippen LogP contribution in [0.1, 0.15) is 16.3 Å². The molecule has 0 amide bonds. The van der Waals surface area contributed by atoms with Crippen molar-refractivity contribution in [1.82, 2.24) is 0 Å². The van der Waals surface area contributed by atoms with Crippen molar-refractivity contribution in [3.63, 3.8) is 0 Å². The van der Waals surface area contributed by atoms with Crippen LogP contribution in [0, 0.1) is 5.82 Å². The van der Waals surface area contributed by atoms with Gasteiger partial charge in [0.15, 0.2) is 12.0 Å². The van der Waals surface area contributed by atoms with Crippen molar-refractivity contribution in [3.8, 4) is 5.75 Å². The van der Waals surface area contributed by atoms with Crippen LogP contribution in [0.5, 0.6) is 5.75 Å². The number of halogens is 2. The zero-order chi connectivity index (χ0) is 12.3. The maximum absolute atomic E-state index is 12.8. The van der Waals surface area contributed by atoms with Crippen LogP contribution in [0.15, 0.2) is 39.2 Å². The highest BCUT2D eigenvalue weighted by Crippen LogP contribution is 2.26. The van der Waals surface area contributed by atoms with Gasteiger partial charge in [0, 0.05) is 0 Å². The summed E-state index contributed by atoms with van der Waals surface area (Å²) in [6.45, 7) is 0.179. The second-order valence-corrected chi connectivity index (χ2v) is 4.14. The van der Waals surface area contributed by atoms with E-state index < -0.39 is 0 Å². The van der Waals surface area contributed by atoms with E-state index in [0.29, 0.717) is 22.3 Å². The Balaban J connectivity index is 2.04. The average Bonchev–Trinajstić information content (AvgIpc) is 2.76. The third kappa shape index (κ3) is 2.94. The summed E-state index contributed by atoms with van der Waals surface area (Å²) in [6.07, 6.45) is 0.622. The Kier molecular flexibility index (Phi) is 3.58. The summed E-state index contributed by atoms with van der Waals surface area (Å²) in [6, 6.07) is 7.35. The minimum Gasteiger partial charge on any atom is -0.484 e. The third-order valence-corrected chi connectivity index (χ3v) is 2.68. The minimum absolute atomic E-state index is 0.179. The fraction of sp³-hybridized carbons (Fsp3) is 0.0833. The molecule has 0 radical (unpaired) electrons. The van der Waals surface area contributed by atoms with Gasteiger partial charge in [0.05, 0.1) is 4.47 Å². The first kappa shape index (κ1) is 11.9. The van der Waals surface area contributed by atoms with Crippen LogP contribution in [0.2, 0.25) is 0 Å². The van der Waals surface area contributed by atoms with E-state index in [4.69, 9.17) is 9.15 Å². The number of aldehydes is 1. The zero-order valence-corrected chi connectivity index (χ0v) is 10.2. The third-order valence-electron chi connectivity index (χ3n) is 2.06. The molecule has 0 saturated heterocycles. The summed E-state index contributed by atoms with van der Waals surface area (Å²) in [7, 11) is 0. The summed E-state index contributed by atoms with van der Waals surface area (Å²) < 4.78 is 23.9. The van der Waals surface area contributed by atoms with Crippen LogP contribution in [0.4, 0.5) is 4.39 Å². The molecule has 17 heavy (non-hydrogen) atoms. The molecule has 0 bridgehead atoms. The first-order chi connectivity index (χ1) is 8.19. The van der Waals surface area contributed by atoms with Gasteiger partial charge in [0.2, 0.25) is 0 Å². The minimum atomic E-state index is -0.342. The van der Waals surface area contributed by atoms with Crippen molar-refractivity contribution >= 4 is 22.2 Å². The van der Waals surface area contributed by atoms with Crippen molar-refractivity contribution in [2.24, 2.45) is 0 Å². The van der Waals surface area contributed by atoms with Crippen LogP contribution in [0.3, 0.4) is 0 Å². The summed E-state index contributed by atoms with van der Waals surface area (Å²) in [5.74, 6) is 0.950. The Morgan fingerprint density at radius 3 is 2.82 bits per heavy atom. The van der Waals surface area contributed by atoms with E-state index >= 15 is 0 Å². The highest BCUT2D eigenvalue weighted by atomic mass is 79.9. The molecule has 0 aliphatic heterocycles. The van der Waals surface area contributed by atoms with Crippen molar-refractivity contribution in [3.05, 3.63) is 52.1 Å². The predicted molar refractivity (Wildman–Crippen MR) is 62.5 cm³/mol. The van der Waals surface area contributed by atoms with Crippen molar-refractivity contribution in [1.29, 1.82) is 0 Å². The Labute approximate surface area is 105 Å². The quantitative estimate of drug-likeness (QED) is 0.810. The van der Waals surface area contributed by atoms with Gasteiger partial charge in [-0.2, -0.15) is 0 Å². The predicted octanol–water partition coefficient (Wildman–Crippen LogP) is 3.57. The van der Waals surface area contributed by atoms with Crippen LogP contribution in [-0.4, -0.2) is 6.29 Å². The van der Waals surface area contributed by atoms with Gasteiger partial charge in [0.1, 0.15) is 23.9 Å². The van der Waals surface area contributed by atoms with Gasteiger partial charge in [-0.25, -0.2) is 4.39 Å². The van der Waals surface area contributed by atoms with E-state index in [1.807, 2.05) is 0 Å². The van der Waals surface area contributed by atoms with E-state index in [0.717, 1.165) is 0 Å². The van der Waals surface area contributed by atoms with Gasteiger partial charge >= 0.3 is 0 Å². The van der Waals surface area contributed by atoms with Crippen LogP contribution >= 0.6 is 15.9 Å². The molecule has 1 aromatic carbocycles. The standard InChI is InChI=1S/C12H8BrFO3/c13-11-5-8(14)1-4-12(11)16-7-10-3-2-9(6-15)17-10/h1-6H,7H2. The molecule has 3 nitrogen and oxygen atoms in total. The SMILES string of the molecule is O=Cc1ccc(COc2ccc(F)cc2Br)o1. The molecule has 0 aliphatic rings. The maximum atomic E-state index is 12.8. The molecule has 0 N–H and O–H groups in total. The van der Waals surface area contributed by atoms with E-state index in [-0.39, 0.29) is 18.2 Å². The molecule has 0 aliphatic carbocycles. The molecule has 1 heterocycles. The van der Waals surface area contributed by atoms with Crippen molar-refractivity contribution < 1.29 is 18.3 Å². The lowest BCUT2D eigenvalue weighted by atomic mass is 10.3. The fourth-order valence-corrected chi connectivity index (χ4v) is 1.74. The number of carbonyl (C=O) groups excluding carboxylic acids is 1. The second kappa shape index (κ2) is 5.14. The van der Waals surface area contributed by atoms with Crippen molar-refractivity contribution in [2.45, 2.75) is 6.61 Å². The van der Waals surface area contributed by atoms with Crippen LogP contribution < -0.4 is 4.74 Å². The number of benzene rings is 1. The lowest BCUT2D eigenvalue weighted by Crippen LogP contribution is -1.94. The molecule has 1 aromatic heterocycles. The Morgan fingerprint density at radius 1 is 1.35 bits per heavy atom. The zero-order valence-electron chi connectivity index (χ0n) is 8.65. The van der Waals surface area contributed by atoms with Crippen LogP contribution in [0.25, 0.3) is 0 Å². The lowest BCUT2D eigenvalue weighted by Gasteiger charge is -2.06. The smallest absolute Gasteiger partial charge is 0.185 e. The number of furan rings is 1. The molecule has 0 saturated carbocycles.